The predicted molar refractivity (Wildman–Crippen MR) is 62.7 cm³/mol. The van der Waals surface area contributed by atoms with E-state index in [0.29, 0.717) is 13.0 Å². The van der Waals surface area contributed by atoms with Crippen LogP contribution >= 0.6 is 0 Å². The van der Waals surface area contributed by atoms with Gasteiger partial charge in [0, 0.05) is 13.0 Å². The Balaban J connectivity index is 2.40. The van der Waals surface area contributed by atoms with Crippen molar-refractivity contribution in [3.05, 3.63) is 0 Å². The third-order valence-corrected chi connectivity index (χ3v) is 3.47. The third-order valence-electron chi connectivity index (χ3n) is 3.47. The zero-order chi connectivity index (χ0) is 11.9. The molecule has 0 unspecified atom stereocenters. The van der Waals surface area contributed by atoms with Crippen LogP contribution in [0.1, 0.15) is 39.0 Å². The minimum absolute atomic E-state index is 0.169. The second-order valence-electron chi connectivity index (χ2n) is 4.40. The van der Waals surface area contributed by atoms with Crippen LogP contribution in [0.2, 0.25) is 0 Å². The molecule has 4 nitrogen and oxygen atoms in total. The first-order valence-electron chi connectivity index (χ1n) is 6.11. The molecule has 4 heteroatoms. The van der Waals surface area contributed by atoms with E-state index in [1.165, 1.54) is 0 Å². The lowest BCUT2D eigenvalue weighted by Crippen LogP contribution is -2.47. The fourth-order valence-corrected chi connectivity index (χ4v) is 2.20. The molecule has 0 saturated carbocycles. The Kier molecular flexibility index (Phi) is 5.27. The number of nitrogens with zero attached hydrogens (tertiary/aromatic N) is 1. The van der Waals surface area contributed by atoms with Crippen molar-refractivity contribution in [3.8, 4) is 6.07 Å². The van der Waals surface area contributed by atoms with E-state index in [-0.39, 0.29) is 11.3 Å². The predicted octanol–water partition coefficient (Wildman–Crippen LogP) is 1.19. The molecule has 0 aromatic heterocycles. The van der Waals surface area contributed by atoms with Gasteiger partial charge in [-0.05, 0) is 38.8 Å². The first-order valence-corrected chi connectivity index (χ1v) is 6.11. The van der Waals surface area contributed by atoms with Crippen LogP contribution in [-0.4, -0.2) is 25.5 Å². The molecule has 0 aromatic carbocycles. The molecule has 0 aliphatic carbocycles. The van der Waals surface area contributed by atoms with Gasteiger partial charge in [-0.1, -0.05) is 6.92 Å². The molecule has 1 saturated heterocycles. The maximum atomic E-state index is 12.1. The van der Waals surface area contributed by atoms with Crippen LogP contribution in [-0.2, 0) is 4.79 Å². The summed E-state index contributed by atoms with van der Waals surface area (Å²) in [5, 5.41) is 14.6. The van der Waals surface area contributed by atoms with Crippen LogP contribution < -0.4 is 10.6 Å². The number of piperidine rings is 1. The van der Waals surface area contributed by atoms with Crippen molar-refractivity contribution < 1.29 is 4.79 Å². The van der Waals surface area contributed by atoms with Crippen molar-refractivity contribution in [1.82, 2.24) is 10.6 Å². The van der Waals surface area contributed by atoms with Crippen LogP contribution in [0.25, 0.3) is 0 Å². The van der Waals surface area contributed by atoms with Crippen LogP contribution in [0.15, 0.2) is 0 Å². The van der Waals surface area contributed by atoms with E-state index in [0.717, 1.165) is 38.8 Å². The lowest BCUT2D eigenvalue weighted by Gasteiger charge is -2.35. The number of amides is 1. The fourth-order valence-electron chi connectivity index (χ4n) is 2.20. The number of carbonyl (C=O) groups is 1. The van der Waals surface area contributed by atoms with Gasteiger partial charge in [-0.15, -0.1) is 0 Å². The summed E-state index contributed by atoms with van der Waals surface area (Å²) in [7, 11) is 0. The molecule has 90 valence electrons. The van der Waals surface area contributed by atoms with E-state index in [4.69, 9.17) is 5.26 Å². The minimum atomic E-state index is -0.169. The second-order valence-corrected chi connectivity index (χ2v) is 4.40. The number of carbonyl (C=O) groups excluding carboxylic acids is 1. The Bertz CT molecular complexity index is 264. The number of nitriles is 1. The Labute approximate surface area is 97.4 Å². The molecule has 0 radical (unpaired) electrons. The summed E-state index contributed by atoms with van der Waals surface area (Å²) in [5.74, 6) is 0.175. The first-order chi connectivity index (χ1) is 7.75. The molecule has 0 aromatic rings. The third kappa shape index (κ3) is 3.21. The zero-order valence-electron chi connectivity index (χ0n) is 10.0. The first kappa shape index (κ1) is 13.0. The van der Waals surface area contributed by atoms with Crippen molar-refractivity contribution in [2.45, 2.75) is 39.0 Å². The van der Waals surface area contributed by atoms with Gasteiger partial charge in [0.05, 0.1) is 11.5 Å². The van der Waals surface area contributed by atoms with Gasteiger partial charge in [0.15, 0.2) is 0 Å². The van der Waals surface area contributed by atoms with Gasteiger partial charge in [0.1, 0.15) is 0 Å². The Morgan fingerprint density at radius 2 is 2.19 bits per heavy atom. The highest BCUT2D eigenvalue weighted by Crippen LogP contribution is 2.32. The molecule has 1 heterocycles. The van der Waals surface area contributed by atoms with Gasteiger partial charge in [0.2, 0.25) is 5.91 Å². The van der Waals surface area contributed by atoms with E-state index in [1.54, 1.807) is 0 Å². The number of unbranched alkanes of at least 4 members (excludes halogenated alkanes) is 1. The topological polar surface area (TPSA) is 64.9 Å². The molecular formula is C12H21N3O. The molecule has 1 amide bonds. The van der Waals surface area contributed by atoms with E-state index < -0.39 is 0 Å². The number of hydrogen-bond donors (Lipinski definition) is 2. The van der Waals surface area contributed by atoms with E-state index in [2.05, 4.69) is 23.6 Å². The Morgan fingerprint density at radius 3 is 2.75 bits per heavy atom. The molecule has 2 N–H and O–H groups in total. The summed E-state index contributed by atoms with van der Waals surface area (Å²) in [6.45, 7) is 4.57. The van der Waals surface area contributed by atoms with Crippen LogP contribution in [0.5, 0.6) is 0 Å². The van der Waals surface area contributed by atoms with Gasteiger partial charge < -0.3 is 10.6 Å². The van der Waals surface area contributed by atoms with Gasteiger partial charge >= 0.3 is 0 Å². The highest BCUT2D eigenvalue weighted by molar-refractivity contribution is 5.82. The molecule has 1 fully saturated rings. The summed E-state index contributed by atoms with van der Waals surface area (Å²) in [4.78, 5) is 12.1. The molecule has 1 rings (SSSR count). The van der Waals surface area contributed by atoms with Crippen molar-refractivity contribution >= 4 is 5.91 Å². The summed E-state index contributed by atoms with van der Waals surface area (Å²) in [6.07, 6.45) is 4.02. The maximum Gasteiger partial charge on any atom is 0.226 e. The van der Waals surface area contributed by atoms with Crippen LogP contribution in [0.3, 0.4) is 0 Å². The van der Waals surface area contributed by atoms with Gasteiger partial charge in [0.25, 0.3) is 0 Å². The average Bonchev–Trinajstić information content (AvgIpc) is 2.35. The largest absolute Gasteiger partial charge is 0.356 e. The highest BCUT2D eigenvalue weighted by Gasteiger charge is 2.37. The monoisotopic (exact) mass is 223 g/mol. The Morgan fingerprint density at radius 1 is 1.50 bits per heavy atom. The number of nitrogens with one attached hydrogen (secondary N) is 2. The average molecular weight is 223 g/mol. The van der Waals surface area contributed by atoms with Gasteiger partial charge in [-0.25, -0.2) is 0 Å². The van der Waals surface area contributed by atoms with Crippen LogP contribution in [0, 0.1) is 16.7 Å². The highest BCUT2D eigenvalue weighted by atomic mass is 16.2. The zero-order valence-corrected chi connectivity index (χ0v) is 10.0. The molecule has 0 atom stereocenters. The molecule has 0 bridgehead atoms. The molecular weight excluding hydrogens is 202 g/mol. The van der Waals surface area contributed by atoms with E-state index in [1.807, 2.05) is 0 Å². The maximum absolute atomic E-state index is 12.1. The fraction of sp³-hybridized carbons (Fsp3) is 0.833. The van der Waals surface area contributed by atoms with E-state index in [9.17, 15) is 4.79 Å². The van der Waals surface area contributed by atoms with Crippen molar-refractivity contribution in [2.24, 2.45) is 5.41 Å². The minimum Gasteiger partial charge on any atom is -0.356 e. The van der Waals surface area contributed by atoms with Gasteiger partial charge in [-0.3, -0.25) is 4.79 Å². The summed E-state index contributed by atoms with van der Waals surface area (Å²) >= 11 is 0. The quantitative estimate of drug-likeness (QED) is 0.688. The molecule has 0 spiro atoms. The standard InChI is InChI=1S/C12H21N3O/c1-2-12(5-9-14-10-6-12)11(16)15-8-4-3-7-13/h14H,2-6,8-10H2,1H3,(H,15,16). The number of rotatable bonds is 5. The summed E-state index contributed by atoms with van der Waals surface area (Å²) < 4.78 is 0. The molecule has 1 aliphatic heterocycles. The SMILES string of the molecule is CCC1(C(=O)NCCCC#N)CCNCC1. The smallest absolute Gasteiger partial charge is 0.226 e. The van der Waals surface area contributed by atoms with Crippen molar-refractivity contribution in [1.29, 1.82) is 5.26 Å². The summed E-state index contributed by atoms with van der Waals surface area (Å²) in [5.41, 5.74) is -0.169. The second kappa shape index (κ2) is 6.49. The van der Waals surface area contributed by atoms with Crippen LogP contribution in [0.4, 0.5) is 0 Å². The molecule has 16 heavy (non-hydrogen) atoms. The molecule has 1 aliphatic rings. The lowest BCUT2D eigenvalue weighted by molar-refractivity contribution is -0.132. The van der Waals surface area contributed by atoms with Crippen molar-refractivity contribution in [2.75, 3.05) is 19.6 Å². The van der Waals surface area contributed by atoms with E-state index >= 15 is 0 Å². The summed E-state index contributed by atoms with van der Waals surface area (Å²) in [6, 6.07) is 2.08. The van der Waals surface area contributed by atoms with Crippen molar-refractivity contribution in [3.63, 3.8) is 0 Å². The van der Waals surface area contributed by atoms with Gasteiger partial charge in [-0.2, -0.15) is 5.26 Å². The lowest BCUT2D eigenvalue weighted by atomic mass is 9.76. The Hall–Kier alpha value is -1.08. The normalized spacial score (nSPS) is 18.8. The number of hydrogen-bond acceptors (Lipinski definition) is 3.